The quantitative estimate of drug-likeness (QED) is 0.666. The van der Waals surface area contributed by atoms with Crippen molar-refractivity contribution >= 4 is 34.4 Å². The number of carbonyl (C=O) groups excluding carboxylic acids is 2. The number of benzene rings is 1. The van der Waals surface area contributed by atoms with Crippen LogP contribution in [0.2, 0.25) is 0 Å². The van der Waals surface area contributed by atoms with Gasteiger partial charge in [-0.25, -0.2) is 9.78 Å². The van der Waals surface area contributed by atoms with E-state index in [4.69, 9.17) is 14.1 Å². The number of hydrogen-bond acceptors (Lipinski definition) is 5. The molecule has 0 saturated heterocycles. The predicted octanol–water partition coefficient (Wildman–Crippen LogP) is 4.00. The Morgan fingerprint density at radius 3 is 2.86 bits per heavy atom. The highest BCUT2D eigenvalue weighted by Crippen LogP contribution is 2.36. The molecule has 0 atom stereocenters. The lowest BCUT2D eigenvalue weighted by Crippen LogP contribution is -2.28. The van der Waals surface area contributed by atoms with Crippen LogP contribution in [-0.4, -0.2) is 30.0 Å². The van der Waals surface area contributed by atoms with Gasteiger partial charge in [-0.1, -0.05) is 18.2 Å². The van der Waals surface area contributed by atoms with Crippen molar-refractivity contribution in [1.82, 2.24) is 10.3 Å². The average Bonchev–Trinajstić information content (AvgIpc) is 3.24. The lowest BCUT2D eigenvalue weighted by atomic mass is 9.86. The van der Waals surface area contributed by atoms with Gasteiger partial charge in [0, 0.05) is 11.9 Å². The van der Waals surface area contributed by atoms with Crippen molar-refractivity contribution in [1.29, 1.82) is 0 Å². The highest BCUT2D eigenvalue weighted by Gasteiger charge is 2.26. The molecule has 0 fully saturated rings. The van der Waals surface area contributed by atoms with E-state index in [-0.39, 0.29) is 12.5 Å². The molecule has 148 valence electrons. The van der Waals surface area contributed by atoms with Gasteiger partial charge in [0.15, 0.2) is 6.61 Å². The SMILES string of the molecule is CCNC(=O)COC(=O)c1c2c(nc3ccccc13)C(=Cc1ccco1)CCC2. The van der Waals surface area contributed by atoms with E-state index in [2.05, 4.69) is 5.32 Å². The van der Waals surface area contributed by atoms with Crippen LogP contribution in [0.4, 0.5) is 0 Å². The van der Waals surface area contributed by atoms with Gasteiger partial charge >= 0.3 is 5.97 Å². The van der Waals surface area contributed by atoms with Gasteiger partial charge in [0.05, 0.1) is 23.0 Å². The monoisotopic (exact) mass is 390 g/mol. The van der Waals surface area contributed by atoms with E-state index in [9.17, 15) is 9.59 Å². The lowest BCUT2D eigenvalue weighted by Gasteiger charge is -2.22. The molecule has 3 aromatic rings. The van der Waals surface area contributed by atoms with Crippen LogP contribution in [0.3, 0.4) is 0 Å². The smallest absolute Gasteiger partial charge is 0.339 e. The molecule has 0 bridgehead atoms. The standard InChI is InChI=1S/C23H22N2O4/c1-2-24-20(26)14-29-23(27)21-17-9-3-4-11-19(17)25-22-15(7-5-10-18(21)22)13-16-8-6-12-28-16/h3-4,6,8-9,11-13H,2,5,7,10,14H2,1H3,(H,24,26). The Morgan fingerprint density at radius 2 is 2.07 bits per heavy atom. The number of amides is 1. The number of nitrogens with one attached hydrogen (secondary N) is 1. The molecule has 29 heavy (non-hydrogen) atoms. The maximum absolute atomic E-state index is 13.0. The summed E-state index contributed by atoms with van der Waals surface area (Å²) in [6.45, 7) is 2.01. The molecule has 1 aliphatic rings. The highest BCUT2D eigenvalue weighted by molar-refractivity contribution is 6.07. The number of hydrogen-bond donors (Lipinski definition) is 1. The number of furan rings is 1. The largest absolute Gasteiger partial charge is 0.465 e. The van der Waals surface area contributed by atoms with Gasteiger partial charge in [0.1, 0.15) is 5.76 Å². The molecule has 1 amide bonds. The van der Waals surface area contributed by atoms with E-state index in [0.29, 0.717) is 12.1 Å². The fraction of sp³-hybridized carbons (Fsp3) is 0.261. The van der Waals surface area contributed by atoms with Crippen molar-refractivity contribution in [3.63, 3.8) is 0 Å². The molecule has 0 aliphatic heterocycles. The van der Waals surface area contributed by atoms with Crippen LogP contribution < -0.4 is 5.32 Å². The van der Waals surface area contributed by atoms with Gasteiger partial charge < -0.3 is 14.5 Å². The number of esters is 1. The average molecular weight is 390 g/mol. The summed E-state index contributed by atoms with van der Waals surface area (Å²) in [6.07, 6.45) is 6.09. The lowest BCUT2D eigenvalue weighted by molar-refractivity contribution is -0.124. The fourth-order valence-electron chi connectivity index (χ4n) is 3.70. The second-order valence-corrected chi connectivity index (χ2v) is 6.90. The van der Waals surface area contributed by atoms with Crippen LogP contribution in [0.15, 0.2) is 47.1 Å². The van der Waals surface area contributed by atoms with E-state index in [1.165, 1.54) is 0 Å². The molecule has 6 nitrogen and oxygen atoms in total. The summed E-state index contributed by atoms with van der Waals surface area (Å²) >= 11 is 0. The Balaban J connectivity index is 1.79. The Labute approximate surface area is 168 Å². The van der Waals surface area contributed by atoms with Crippen molar-refractivity contribution in [2.75, 3.05) is 13.2 Å². The number of ether oxygens (including phenoxy) is 1. The fourth-order valence-corrected chi connectivity index (χ4v) is 3.70. The third-order valence-corrected chi connectivity index (χ3v) is 4.94. The van der Waals surface area contributed by atoms with Crippen LogP contribution in [0, 0.1) is 0 Å². The molecular weight excluding hydrogens is 368 g/mol. The van der Waals surface area contributed by atoms with E-state index >= 15 is 0 Å². The summed E-state index contributed by atoms with van der Waals surface area (Å²) in [6, 6.07) is 11.3. The summed E-state index contributed by atoms with van der Waals surface area (Å²) in [4.78, 5) is 29.6. The molecule has 1 N–H and O–H groups in total. The first kappa shape index (κ1) is 18.9. The maximum atomic E-state index is 13.0. The minimum absolute atomic E-state index is 0.298. The number of likely N-dealkylation sites (N-methyl/N-ethyl adjacent to an activating group) is 1. The molecule has 0 saturated carbocycles. The van der Waals surface area contributed by atoms with Gasteiger partial charge in [-0.05, 0) is 61.6 Å². The van der Waals surface area contributed by atoms with Gasteiger partial charge in [-0.2, -0.15) is 0 Å². The normalized spacial score (nSPS) is 14.6. The number of fused-ring (bicyclic) bond motifs is 2. The molecule has 2 aromatic heterocycles. The second-order valence-electron chi connectivity index (χ2n) is 6.90. The zero-order valence-electron chi connectivity index (χ0n) is 16.2. The Bertz CT molecular complexity index is 1080. The number of allylic oxidation sites excluding steroid dienone is 1. The molecule has 6 heteroatoms. The van der Waals surface area contributed by atoms with Crippen molar-refractivity contribution in [3.8, 4) is 0 Å². The van der Waals surface area contributed by atoms with Crippen molar-refractivity contribution in [2.45, 2.75) is 26.2 Å². The molecule has 1 aromatic carbocycles. The minimum atomic E-state index is -0.495. The van der Waals surface area contributed by atoms with E-state index in [1.807, 2.05) is 49.4 Å². The van der Waals surface area contributed by atoms with Gasteiger partial charge in [0.2, 0.25) is 0 Å². The van der Waals surface area contributed by atoms with Crippen molar-refractivity contribution in [2.24, 2.45) is 0 Å². The summed E-state index contributed by atoms with van der Waals surface area (Å²) in [5.41, 5.74) is 3.93. The Morgan fingerprint density at radius 1 is 1.21 bits per heavy atom. The Hall–Kier alpha value is -3.41. The summed E-state index contributed by atoms with van der Waals surface area (Å²) in [7, 11) is 0. The van der Waals surface area contributed by atoms with E-state index < -0.39 is 5.97 Å². The first-order valence-electron chi connectivity index (χ1n) is 9.77. The maximum Gasteiger partial charge on any atom is 0.339 e. The van der Waals surface area contributed by atoms with E-state index in [0.717, 1.165) is 52.8 Å². The number of para-hydroxylation sites is 1. The predicted molar refractivity (Wildman–Crippen MR) is 110 cm³/mol. The molecule has 0 unspecified atom stereocenters. The minimum Gasteiger partial charge on any atom is -0.465 e. The third-order valence-electron chi connectivity index (χ3n) is 4.94. The summed E-state index contributed by atoms with van der Waals surface area (Å²) in [5, 5.41) is 3.38. The third kappa shape index (κ3) is 3.92. The first-order chi connectivity index (χ1) is 14.2. The summed E-state index contributed by atoms with van der Waals surface area (Å²) in [5.74, 6) is -0.0555. The van der Waals surface area contributed by atoms with Crippen LogP contribution in [-0.2, 0) is 16.0 Å². The number of aromatic nitrogens is 1. The zero-order chi connectivity index (χ0) is 20.2. The number of nitrogens with zero attached hydrogens (tertiary/aromatic N) is 1. The van der Waals surface area contributed by atoms with Gasteiger partial charge in [-0.3, -0.25) is 4.79 Å². The first-order valence-corrected chi connectivity index (χ1v) is 9.77. The van der Waals surface area contributed by atoms with Gasteiger partial charge in [-0.15, -0.1) is 0 Å². The molecule has 4 rings (SSSR count). The molecular formula is C23H22N2O4. The van der Waals surface area contributed by atoms with Crippen molar-refractivity contribution < 1.29 is 18.7 Å². The van der Waals surface area contributed by atoms with Gasteiger partial charge in [0.25, 0.3) is 5.91 Å². The second kappa shape index (κ2) is 8.31. The number of pyridine rings is 1. The van der Waals surface area contributed by atoms with E-state index in [1.54, 1.807) is 6.26 Å². The van der Waals surface area contributed by atoms with Crippen LogP contribution in [0.25, 0.3) is 22.6 Å². The molecule has 0 radical (unpaired) electrons. The topological polar surface area (TPSA) is 81.4 Å². The number of rotatable bonds is 5. The molecule has 2 heterocycles. The molecule has 1 aliphatic carbocycles. The molecule has 0 spiro atoms. The van der Waals surface area contributed by atoms with Crippen LogP contribution in [0.1, 0.15) is 47.1 Å². The van der Waals surface area contributed by atoms with Crippen molar-refractivity contribution in [3.05, 3.63) is 65.2 Å². The Kier molecular flexibility index (Phi) is 5.42. The van der Waals surface area contributed by atoms with Crippen LogP contribution >= 0.6 is 0 Å². The summed E-state index contributed by atoms with van der Waals surface area (Å²) < 4.78 is 10.8. The number of carbonyl (C=O) groups is 2. The highest BCUT2D eigenvalue weighted by atomic mass is 16.5. The van der Waals surface area contributed by atoms with Crippen LogP contribution in [0.5, 0.6) is 0 Å². The zero-order valence-corrected chi connectivity index (χ0v) is 16.2.